The zero-order chi connectivity index (χ0) is 41.4. The minimum Gasteiger partial charge on any atom is -0.309 e. The molecule has 0 N–H and O–H groups in total. The summed E-state index contributed by atoms with van der Waals surface area (Å²) in [6.07, 6.45) is 0. The number of fused-ring (bicyclic) bond motifs is 15. The van der Waals surface area contributed by atoms with Crippen LogP contribution in [-0.4, -0.2) is 8.97 Å². The number of benzene rings is 9. The highest BCUT2D eigenvalue weighted by Gasteiger charge is 2.50. The molecular formula is C61H38N2. The molecule has 2 bridgehead atoms. The van der Waals surface area contributed by atoms with E-state index >= 15 is 0 Å². The summed E-state index contributed by atoms with van der Waals surface area (Å²) in [5.41, 5.74) is 19.0. The van der Waals surface area contributed by atoms with Crippen molar-refractivity contribution >= 4 is 66.5 Å². The van der Waals surface area contributed by atoms with Gasteiger partial charge in [-0.1, -0.05) is 195 Å². The first-order valence-corrected chi connectivity index (χ1v) is 21.9. The molecule has 0 amide bonds. The van der Waals surface area contributed by atoms with Crippen LogP contribution in [0.1, 0.15) is 22.3 Å². The van der Waals surface area contributed by atoms with Crippen molar-refractivity contribution in [2.75, 3.05) is 0 Å². The van der Waals surface area contributed by atoms with Gasteiger partial charge in [0.2, 0.25) is 0 Å². The molecular weight excluding hydrogens is 761 g/mol. The van der Waals surface area contributed by atoms with Crippen molar-refractivity contribution < 1.29 is 0 Å². The number of aromatic nitrogens is 2. The summed E-state index contributed by atoms with van der Waals surface area (Å²) in [4.78, 5) is 0. The van der Waals surface area contributed by atoms with Crippen LogP contribution in [0.25, 0.3) is 106 Å². The van der Waals surface area contributed by atoms with Gasteiger partial charge >= 0.3 is 0 Å². The van der Waals surface area contributed by atoms with E-state index in [2.05, 4.69) is 227 Å². The fraction of sp³-hybridized carbons (Fsp3) is 0.0164. The Labute approximate surface area is 364 Å². The number of rotatable bonds is 3. The average molecular weight is 799 g/mol. The van der Waals surface area contributed by atoms with Gasteiger partial charge in [-0.3, -0.25) is 0 Å². The van der Waals surface area contributed by atoms with Gasteiger partial charge in [0.05, 0.1) is 38.7 Å². The Morgan fingerprint density at radius 1 is 0.365 bits per heavy atom. The third-order valence-corrected chi connectivity index (χ3v) is 14.3. The topological polar surface area (TPSA) is 9.34 Å². The predicted molar refractivity (Wildman–Crippen MR) is 264 cm³/mol. The molecule has 1 unspecified atom stereocenters. The molecule has 63 heavy (non-hydrogen) atoms. The van der Waals surface area contributed by atoms with Gasteiger partial charge in [-0.2, -0.15) is 0 Å². The lowest BCUT2D eigenvalue weighted by Crippen LogP contribution is -2.28. The first-order valence-electron chi connectivity index (χ1n) is 21.9. The number of hydrogen-bond donors (Lipinski definition) is 0. The lowest BCUT2D eigenvalue weighted by Gasteiger charge is -2.30. The van der Waals surface area contributed by atoms with Gasteiger partial charge in [-0.25, -0.2) is 0 Å². The molecule has 2 nitrogen and oxygen atoms in total. The molecule has 0 aliphatic heterocycles. The monoisotopic (exact) mass is 798 g/mol. The first-order chi connectivity index (χ1) is 31.2. The fourth-order valence-electron chi connectivity index (χ4n) is 11.7. The molecule has 9 aromatic carbocycles. The average Bonchev–Trinajstić information content (AvgIpc) is 4.03. The summed E-state index contributed by atoms with van der Waals surface area (Å²) in [6.45, 7) is 5.05. The standard InChI is InChI=1S/C61H38N2/c1-38-49-26-13-21-41-20-12-24-47-46-35-33-43(40-18-6-3-7-19-40)37-57(46)63(60(41)47)54-30-14-27-51(58(38)54)61(49)50-25-10-8-23-48(50)59-52(61)28-15-31-55(59)62-53-29-11-9-22-44(53)45-34-32-42(36-56(45)62)39-16-4-2-5-17-39/h2-37H,1H2. The van der Waals surface area contributed by atoms with E-state index < -0.39 is 5.41 Å². The Kier molecular flexibility index (Phi) is 6.94. The van der Waals surface area contributed by atoms with Crippen LogP contribution < -0.4 is 5.22 Å². The zero-order valence-electron chi connectivity index (χ0n) is 34.4. The van der Waals surface area contributed by atoms with Crippen LogP contribution in [-0.2, 0) is 5.41 Å². The normalized spacial score (nSPS) is 14.8. The van der Waals surface area contributed by atoms with Crippen LogP contribution in [0.2, 0.25) is 0 Å². The second-order valence-electron chi connectivity index (χ2n) is 17.2. The van der Waals surface area contributed by atoms with E-state index in [1.807, 2.05) is 0 Å². The highest BCUT2D eigenvalue weighted by Crippen LogP contribution is 2.59. The SMILES string of the molecule is C=c1c2cccc3cccc4c5ccc(-c6ccccc6)cc5n(c5cccc(c15)C21c2ccccc2-c2c(-n5c6ccccc6c6ccc(-c7ccccc7)cc65)cccc21)c34. The number of para-hydroxylation sites is 2. The van der Waals surface area contributed by atoms with Gasteiger partial charge in [-0.05, 0) is 91.0 Å². The maximum absolute atomic E-state index is 5.05. The van der Waals surface area contributed by atoms with E-state index in [1.165, 1.54) is 116 Å². The van der Waals surface area contributed by atoms with Crippen molar-refractivity contribution in [2.24, 2.45) is 0 Å². The summed E-state index contributed by atoms with van der Waals surface area (Å²) in [6, 6.07) is 81.1. The molecule has 14 rings (SSSR count). The second-order valence-corrected chi connectivity index (χ2v) is 17.2. The molecule has 1 spiro atoms. The Balaban J connectivity index is 1.12. The van der Waals surface area contributed by atoms with Gasteiger partial charge in [0.25, 0.3) is 0 Å². The van der Waals surface area contributed by atoms with Crippen molar-refractivity contribution in [1.82, 2.24) is 8.97 Å². The predicted octanol–water partition coefficient (Wildman–Crippen LogP) is 14.8. The molecule has 0 saturated carbocycles. The van der Waals surface area contributed by atoms with Gasteiger partial charge in [0.15, 0.2) is 0 Å². The third kappa shape index (κ3) is 4.47. The molecule has 3 aromatic heterocycles. The fourth-order valence-corrected chi connectivity index (χ4v) is 11.7. The molecule has 3 heterocycles. The zero-order valence-corrected chi connectivity index (χ0v) is 34.4. The van der Waals surface area contributed by atoms with Gasteiger partial charge in [0.1, 0.15) is 0 Å². The maximum Gasteiger partial charge on any atom is 0.0726 e. The molecule has 12 aromatic rings. The van der Waals surface area contributed by atoms with Crippen molar-refractivity contribution in [3.05, 3.63) is 246 Å². The highest BCUT2D eigenvalue weighted by molar-refractivity contribution is 6.16. The quantitative estimate of drug-likeness (QED) is 0.168. The minimum absolute atomic E-state index is 0.601. The molecule has 2 heteroatoms. The van der Waals surface area contributed by atoms with E-state index in [1.54, 1.807) is 0 Å². The molecule has 0 fully saturated rings. The number of nitrogens with zero attached hydrogens (tertiary/aromatic N) is 2. The van der Waals surface area contributed by atoms with Gasteiger partial charge in [0, 0.05) is 32.5 Å². The summed E-state index contributed by atoms with van der Waals surface area (Å²) in [5, 5.41) is 8.45. The van der Waals surface area contributed by atoms with Crippen molar-refractivity contribution in [3.8, 4) is 39.1 Å². The van der Waals surface area contributed by atoms with E-state index in [0.29, 0.717) is 0 Å². The van der Waals surface area contributed by atoms with E-state index in [0.717, 1.165) is 10.7 Å². The van der Waals surface area contributed by atoms with Crippen molar-refractivity contribution in [2.45, 2.75) is 5.41 Å². The highest BCUT2D eigenvalue weighted by atomic mass is 15.0. The largest absolute Gasteiger partial charge is 0.309 e. The van der Waals surface area contributed by atoms with E-state index in [4.69, 9.17) is 6.58 Å². The first kappa shape index (κ1) is 34.5. The molecule has 0 saturated heterocycles. The van der Waals surface area contributed by atoms with Gasteiger partial charge < -0.3 is 8.97 Å². The molecule has 2 aliphatic rings. The Morgan fingerprint density at radius 3 is 1.71 bits per heavy atom. The van der Waals surface area contributed by atoms with Crippen molar-refractivity contribution in [3.63, 3.8) is 0 Å². The summed E-state index contributed by atoms with van der Waals surface area (Å²) < 4.78 is 5.05. The Hall–Kier alpha value is -8.20. The Bertz CT molecular complexity index is 4040. The van der Waals surface area contributed by atoms with Gasteiger partial charge in [-0.15, -0.1) is 0 Å². The lowest BCUT2D eigenvalue weighted by molar-refractivity contribution is 0.789. The van der Waals surface area contributed by atoms with Crippen LogP contribution in [0.3, 0.4) is 0 Å². The van der Waals surface area contributed by atoms with Crippen LogP contribution >= 0.6 is 0 Å². The van der Waals surface area contributed by atoms with Crippen LogP contribution in [0.15, 0.2) is 218 Å². The molecule has 0 radical (unpaired) electrons. The van der Waals surface area contributed by atoms with Crippen molar-refractivity contribution in [1.29, 1.82) is 0 Å². The van der Waals surface area contributed by atoms with Crippen LogP contribution in [0.4, 0.5) is 0 Å². The smallest absolute Gasteiger partial charge is 0.0726 e. The van der Waals surface area contributed by atoms with E-state index in [9.17, 15) is 0 Å². The second kappa shape index (κ2) is 12.7. The summed E-state index contributed by atoms with van der Waals surface area (Å²) in [5.74, 6) is 0. The molecule has 292 valence electrons. The number of hydrogen-bond acceptors (Lipinski definition) is 0. The molecule has 1 atom stereocenters. The van der Waals surface area contributed by atoms with Crippen LogP contribution in [0, 0.1) is 0 Å². The van der Waals surface area contributed by atoms with Crippen LogP contribution in [0.5, 0.6) is 0 Å². The maximum atomic E-state index is 5.05. The Morgan fingerprint density at radius 2 is 0.921 bits per heavy atom. The molecule has 2 aliphatic carbocycles. The third-order valence-electron chi connectivity index (χ3n) is 14.3. The minimum atomic E-state index is -0.601. The summed E-state index contributed by atoms with van der Waals surface area (Å²) >= 11 is 0. The van der Waals surface area contributed by atoms with E-state index in [-0.39, 0.29) is 0 Å². The summed E-state index contributed by atoms with van der Waals surface area (Å²) in [7, 11) is 0. The lowest BCUT2D eigenvalue weighted by atomic mass is 9.70.